The molecule has 0 heterocycles. The van der Waals surface area contributed by atoms with Gasteiger partial charge in [-0.05, 0) is 30.5 Å². The van der Waals surface area contributed by atoms with Gasteiger partial charge in [0.25, 0.3) is 9.05 Å². The van der Waals surface area contributed by atoms with Crippen molar-refractivity contribution in [2.24, 2.45) is 5.92 Å². The molecular weight excluding hydrogens is 283 g/mol. The van der Waals surface area contributed by atoms with Crippen LogP contribution in [0.1, 0.15) is 19.4 Å². The fourth-order valence-corrected chi connectivity index (χ4v) is 2.75. The van der Waals surface area contributed by atoms with Gasteiger partial charge in [-0.2, -0.15) is 0 Å². The molecule has 0 amide bonds. The first kappa shape index (κ1) is 14.6. The van der Waals surface area contributed by atoms with Gasteiger partial charge in [0.2, 0.25) is 0 Å². The summed E-state index contributed by atoms with van der Waals surface area (Å²) in [4.78, 5) is 0.0149. The Bertz CT molecular complexity index is 510. The van der Waals surface area contributed by atoms with Crippen LogP contribution in [0.5, 0.6) is 5.75 Å². The van der Waals surface area contributed by atoms with Gasteiger partial charge < -0.3 is 4.74 Å². The van der Waals surface area contributed by atoms with Gasteiger partial charge in [-0.1, -0.05) is 25.4 Å². The highest BCUT2D eigenvalue weighted by atomic mass is 35.7. The molecule has 0 fully saturated rings. The normalized spacial score (nSPS) is 11.9. The summed E-state index contributed by atoms with van der Waals surface area (Å²) in [5, 5.41) is 0.246. The molecule has 17 heavy (non-hydrogen) atoms. The molecule has 96 valence electrons. The van der Waals surface area contributed by atoms with E-state index >= 15 is 0 Å². The van der Waals surface area contributed by atoms with E-state index in [1.54, 1.807) is 13.0 Å². The topological polar surface area (TPSA) is 43.4 Å². The number of rotatable bonds is 4. The van der Waals surface area contributed by atoms with Gasteiger partial charge in [-0.15, -0.1) is 0 Å². The molecule has 0 aliphatic rings. The Hall–Kier alpha value is -0.450. The molecule has 0 N–H and O–H groups in total. The third kappa shape index (κ3) is 4.05. The minimum atomic E-state index is -3.77. The third-order valence-corrected chi connectivity index (χ3v) is 3.82. The fourth-order valence-electron chi connectivity index (χ4n) is 1.27. The van der Waals surface area contributed by atoms with Crippen molar-refractivity contribution in [2.45, 2.75) is 25.7 Å². The Morgan fingerprint density at radius 3 is 2.41 bits per heavy atom. The van der Waals surface area contributed by atoms with Crippen molar-refractivity contribution in [1.29, 1.82) is 0 Å². The first-order chi connectivity index (χ1) is 7.71. The maximum Gasteiger partial charge on any atom is 0.261 e. The predicted octanol–water partition coefficient (Wildman–Crippen LogP) is 3.61. The van der Waals surface area contributed by atoms with Crippen LogP contribution in [0, 0.1) is 12.8 Å². The first-order valence-electron chi connectivity index (χ1n) is 5.09. The molecule has 0 aromatic heterocycles. The summed E-state index contributed by atoms with van der Waals surface area (Å²) in [6, 6.07) is 2.90. The number of halogens is 2. The van der Waals surface area contributed by atoms with Crippen LogP contribution in [-0.2, 0) is 9.05 Å². The second-order valence-corrected chi connectivity index (χ2v) is 7.13. The van der Waals surface area contributed by atoms with Crippen LogP contribution in [0.4, 0.5) is 0 Å². The van der Waals surface area contributed by atoms with E-state index in [0.29, 0.717) is 23.8 Å². The van der Waals surface area contributed by atoms with E-state index in [1.807, 2.05) is 13.8 Å². The summed E-state index contributed by atoms with van der Waals surface area (Å²) in [7, 11) is 1.52. The standard InChI is InChI=1S/C11H14Cl2O3S/c1-7(2)6-16-10-4-8(3)11(5-9(10)12)17(13,14)15/h4-5,7H,6H2,1-3H3. The van der Waals surface area contributed by atoms with Crippen molar-refractivity contribution in [3.63, 3.8) is 0 Å². The lowest BCUT2D eigenvalue weighted by Crippen LogP contribution is -2.05. The first-order valence-corrected chi connectivity index (χ1v) is 7.78. The number of aryl methyl sites for hydroxylation is 1. The van der Waals surface area contributed by atoms with Crippen LogP contribution in [0.3, 0.4) is 0 Å². The molecule has 1 aromatic carbocycles. The molecule has 0 aliphatic carbocycles. The molecule has 1 rings (SSSR count). The van der Waals surface area contributed by atoms with Crippen molar-refractivity contribution in [3.8, 4) is 5.75 Å². The second-order valence-electron chi connectivity index (χ2n) is 4.19. The maximum absolute atomic E-state index is 11.2. The monoisotopic (exact) mass is 296 g/mol. The molecule has 3 nitrogen and oxygen atoms in total. The van der Waals surface area contributed by atoms with E-state index in [-0.39, 0.29) is 9.92 Å². The Kier molecular flexibility index (Phi) is 4.69. The summed E-state index contributed by atoms with van der Waals surface area (Å²) in [5.41, 5.74) is 0.517. The van der Waals surface area contributed by atoms with Gasteiger partial charge in [0.1, 0.15) is 5.75 Å². The van der Waals surface area contributed by atoms with Crippen LogP contribution in [0.25, 0.3) is 0 Å². The van der Waals surface area contributed by atoms with E-state index in [2.05, 4.69) is 0 Å². The molecule has 0 unspecified atom stereocenters. The average molecular weight is 297 g/mol. The molecule has 1 aromatic rings. The molecule has 0 saturated heterocycles. The van der Waals surface area contributed by atoms with Crippen molar-refractivity contribution in [3.05, 3.63) is 22.7 Å². The Morgan fingerprint density at radius 2 is 1.94 bits per heavy atom. The Labute approximate surface area is 111 Å². The summed E-state index contributed by atoms with van der Waals surface area (Å²) < 4.78 is 28.0. The highest BCUT2D eigenvalue weighted by Crippen LogP contribution is 2.32. The lowest BCUT2D eigenvalue weighted by molar-refractivity contribution is 0.271. The summed E-state index contributed by atoms with van der Waals surface area (Å²) in [5.74, 6) is 0.838. The molecule has 0 bridgehead atoms. The highest BCUT2D eigenvalue weighted by Gasteiger charge is 2.16. The van der Waals surface area contributed by atoms with E-state index < -0.39 is 9.05 Å². The van der Waals surface area contributed by atoms with Gasteiger partial charge in [0.05, 0.1) is 16.5 Å². The lowest BCUT2D eigenvalue weighted by atomic mass is 10.2. The van der Waals surface area contributed by atoms with Crippen molar-refractivity contribution in [1.82, 2.24) is 0 Å². The van der Waals surface area contributed by atoms with E-state index in [1.165, 1.54) is 6.07 Å². The quantitative estimate of drug-likeness (QED) is 0.797. The van der Waals surface area contributed by atoms with Crippen LogP contribution < -0.4 is 4.74 Å². The largest absolute Gasteiger partial charge is 0.492 e. The van der Waals surface area contributed by atoms with E-state index in [0.717, 1.165) is 0 Å². The molecular formula is C11H14Cl2O3S. The zero-order chi connectivity index (χ0) is 13.2. The fraction of sp³-hybridized carbons (Fsp3) is 0.455. The van der Waals surface area contributed by atoms with Crippen LogP contribution >= 0.6 is 22.3 Å². The van der Waals surface area contributed by atoms with Gasteiger partial charge in [-0.25, -0.2) is 8.42 Å². The average Bonchev–Trinajstić information content (AvgIpc) is 2.17. The van der Waals surface area contributed by atoms with Crippen molar-refractivity contribution in [2.75, 3.05) is 6.61 Å². The van der Waals surface area contributed by atoms with Gasteiger partial charge in [-0.3, -0.25) is 0 Å². The summed E-state index contributed by atoms with van der Waals surface area (Å²) >= 11 is 5.94. The van der Waals surface area contributed by atoms with Gasteiger partial charge >= 0.3 is 0 Å². The zero-order valence-electron chi connectivity index (χ0n) is 9.83. The number of benzene rings is 1. The molecule has 0 atom stereocenters. The van der Waals surface area contributed by atoms with Gasteiger partial charge in [0, 0.05) is 10.7 Å². The number of hydrogen-bond acceptors (Lipinski definition) is 3. The maximum atomic E-state index is 11.2. The van der Waals surface area contributed by atoms with Crippen LogP contribution in [0.2, 0.25) is 5.02 Å². The SMILES string of the molecule is Cc1cc(OCC(C)C)c(Cl)cc1S(=O)(=O)Cl. The van der Waals surface area contributed by atoms with Gasteiger partial charge in [0.15, 0.2) is 0 Å². The van der Waals surface area contributed by atoms with Crippen LogP contribution in [-0.4, -0.2) is 15.0 Å². The van der Waals surface area contributed by atoms with Crippen molar-refractivity contribution >= 4 is 31.3 Å². The molecule has 0 aliphatic heterocycles. The molecule has 6 heteroatoms. The van der Waals surface area contributed by atoms with E-state index in [9.17, 15) is 8.42 Å². The Balaban J connectivity index is 3.10. The summed E-state index contributed by atoms with van der Waals surface area (Å²) in [6.45, 7) is 6.19. The highest BCUT2D eigenvalue weighted by molar-refractivity contribution is 8.13. The zero-order valence-corrected chi connectivity index (χ0v) is 12.2. The molecule has 0 saturated carbocycles. The molecule has 0 spiro atoms. The minimum Gasteiger partial charge on any atom is -0.492 e. The third-order valence-electron chi connectivity index (χ3n) is 2.06. The second kappa shape index (κ2) is 5.46. The lowest BCUT2D eigenvalue weighted by Gasteiger charge is -2.12. The predicted molar refractivity (Wildman–Crippen MR) is 69.6 cm³/mol. The minimum absolute atomic E-state index is 0.0149. The molecule has 0 radical (unpaired) electrons. The number of hydrogen-bond donors (Lipinski definition) is 0. The smallest absolute Gasteiger partial charge is 0.261 e. The van der Waals surface area contributed by atoms with Crippen LogP contribution in [0.15, 0.2) is 17.0 Å². The Morgan fingerprint density at radius 1 is 1.35 bits per heavy atom. The number of ether oxygens (including phenoxy) is 1. The summed E-state index contributed by atoms with van der Waals surface area (Å²) in [6.07, 6.45) is 0. The van der Waals surface area contributed by atoms with Crippen molar-refractivity contribution < 1.29 is 13.2 Å². The van der Waals surface area contributed by atoms with E-state index in [4.69, 9.17) is 27.0 Å².